The standard InChI is InChI=1S/C9H20N2O4S/c1-8(2)11-16(13,14)10-7-9(12)3-5-15-6-4-9/h8,10-12H,3-7H2,1-2H3. The number of rotatable bonds is 5. The topological polar surface area (TPSA) is 87.7 Å². The van der Waals surface area contributed by atoms with Crippen LogP contribution in [-0.4, -0.2) is 44.9 Å². The van der Waals surface area contributed by atoms with E-state index in [1.807, 2.05) is 0 Å². The predicted molar refractivity (Wildman–Crippen MR) is 60.2 cm³/mol. The first kappa shape index (κ1) is 13.9. The van der Waals surface area contributed by atoms with Crippen LogP contribution in [0.15, 0.2) is 0 Å². The highest BCUT2D eigenvalue weighted by Gasteiger charge is 2.31. The largest absolute Gasteiger partial charge is 0.388 e. The summed E-state index contributed by atoms with van der Waals surface area (Å²) in [7, 11) is -3.52. The molecule has 0 radical (unpaired) electrons. The van der Waals surface area contributed by atoms with Gasteiger partial charge in [0.1, 0.15) is 0 Å². The number of aliphatic hydroxyl groups is 1. The van der Waals surface area contributed by atoms with Crippen LogP contribution in [0, 0.1) is 0 Å². The molecule has 0 aromatic rings. The van der Waals surface area contributed by atoms with E-state index in [1.54, 1.807) is 13.8 Å². The maximum absolute atomic E-state index is 11.5. The average molecular weight is 252 g/mol. The van der Waals surface area contributed by atoms with E-state index in [1.165, 1.54) is 0 Å². The third kappa shape index (κ3) is 4.75. The summed E-state index contributed by atoms with van der Waals surface area (Å²) in [5.74, 6) is 0. The van der Waals surface area contributed by atoms with Crippen molar-refractivity contribution in [3.8, 4) is 0 Å². The zero-order chi connectivity index (χ0) is 12.2. The van der Waals surface area contributed by atoms with E-state index in [0.29, 0.717) is 26.1 Å². The van der Waals surface area contributed by atoms with Crippen LogP contribution < -0.4 is 9.44 Å². The van der Waals surface area contributed by atoms with Crippen LogP contribution in [0.2, 0.25) is 0 Å². The third-order valence-electron chi connectivity index (χ3n) is 2.41. The lowest BCUT2D eigenvalue weighted by molar-refractivity contribution is -0.0589. The van der Waals surface area contributed by atoms with Crippen LogP contribution in [0.1, 0.15) is 26.7 Å². The van der Waals surface area contributed by atoms with Crippen LogP contribution in [0.5, 0.6) is 0 Å². The molecule has 96 valence electrons. The van der Waals surface area contributed by atoms with Gasteiger partial charge in [-0.1, -0.05) is 0 Å². The van der Waals surface area contributed by atoms with Gasteiger partial charge in [-0.15, -0.1) is 0 Å². The molecule has 1 rings (SSSR count). The molecule has 3 N–H and O–H groups in total. The third-order valence-corrected chi connectivity index (χ3v) is 3.71. The fraction of sp³-hybridized carbons (Fsp3) is 1.00. The number of nitrogens with one attached hydrogen (secondary N) is 2. The highest BCUT2D eigenvalue weighted by molar-refractivity contribution is 7.87. The normalized spacial score (nSPS) is 21.2. The Morgan fingerprint density at radius 2 is 1.94 bits per heavy atom. The highest BCUT2D eigenvalue weighted by atomic mass is 32.2. The second-order valence-corrected chi connectivity index (χ2v) is 5.97. The minimum Gasteiger partial charge on any atom is -0.388 e. The predicted octanol–water partition coefficient (Wildman–Crippen LogP) is -0.640. The summed E-state index contributed by atoms with van der Waals surface area (Å²) in [6.07, 6.45) is 0.911. The lowest BCUT2D eigenvalue weighted by Gasteiger charge is -2.32. The Balaban J connectivity index is 2.43. The van der Waals surface area contributed by atoms with Crippen molar-refractivity contribution in [2.45, 2.75) is 38.3 Å². The van der Waals surface area contributed by atoms with Gasteiger partial charge in [0, 0.05) is 38.6 Å². The molecule has 0 atom stereocenters. The monoisotopic (exact) mass is 252 g/mol. The van der Waals surface area contributed by atoms with Gasteiger partial charge in [-0.3, -0.25) is 0 Å². The fourth-order valence-corrected chi connectivity index (χ4v) is 2.67. The molecule has 1 saturated heterocycles. The van der Waals surface area contributed by atoms with Crippen molar-refractivity contribution in [1.29, 1.82) is 0 Å². The molecule has 6 nitrogen and oxygen atoms in total. The Morgan fingerprint density at radius 3 is 2.44 bits per heavy atom. The molecule has 1 heterocycles. The summed E-state index contributed by atoms with van der Waals surface area (Å²) in [5.41, 5.74) is -0.982. The first-order valence-electron chi connectivity index (χ1n) is 5.40. The summed E-state index contributed by atoms with van der Waals surface area (Å²) in [5, 5.41) is 10.0. The number of hydrogen-bond acceptors (Lipinski definition) is 4. The molecule has 0 spiro atoms. The maximum Gasteiger partial charge on any atom is 0.277 e. The molecule has 0 aliphatic carbocycles. The van der Waals surface area contributed by atoms with Gasteiger partial charge in [0.05, 0.1) is 5.60 Å². The molecule has 0 bridgehead atoms. The molecule has 0 amide bonds. The molecule has 0 aromatic heterocycles. The zero-order valence-corrected chi connectivity index (χ0v) is 10.5. The van der Waals surface area contributed by atoms with E-state index in [0.717, 1.165) is 0 Å². The van der Waals surface area contributed by atoms with Gasteiger partial charge in [-0.25, -0.2) is 0 Å². The minimum absolute atomic E-state index is 0.0262. The second-order valence-electron chi connectivity index (χ2n) is 4.43. The number of hydrogen-bond donors (Lipinski definition) is 3. The van der Waals surface area contributed by atoms with Gasteiger partial charge in [-0.05, 0) is 13.8 Å². The Morgan fingerprint density at radius 1 is 1.38 bits per heavy atom. The van der Waals surface area contributed by atoms with E-state index in [4.69, 9.17) is 4.74 Å². The molecule has 0 aromatic carbocycles. The number of ether oxygens (including phenoxy) is 1. The Labute approximate surface area is 96.6 Å². The SMILES string of the molecule is CC(C)NS(=O)(=O)NCC1(O)CCOCC1. The van der Waals surface area contributed by atoms with E-state index in [2.05, 4.69) is 9.44 Å². The summed E-state index contributed by atoms with van der Waals surface area (Å²) in [6, 6.07) is -0.165. The van der Waals surface area contributed by atoms with E-state index < -0.39 is 15.8 Å². The molecule has 1 aliphatic rings. The average Bonchev–Trinajstić information content (AvgIpc) is 2.15. The summed E-state index contributed by atoms with van der Waals surface area (Å²) in [6.45, 7) is 4.44. The lowest BCUT2D eigenvalue weighted by atomic mass is 9.95. The van der Waals surface area contributed by atoms with Gasteiger partial charge >= 0.3 is 0 Å². The van der Waals surface area contributed by atoms with Crippen LogP contribution >= 0.6 is 0 Å². The molecule has 0 saturated carbocycles. The van der Waals surface area contributed by atoms with Crippen LogP contribution in [-0.2, 0) is 14.9 Å². The van der Waals surface area contributed by atoms with Crippen molar-refractivity contribution in [3.05, 3.63) is 0 Å². The van der Waals surface area contributed by atoms with Crippen molar-refractivity contribution < 1.29 is 18.3 Å². The van der Waals surface area contributed by atoms with Crippen LogP contribution in [0.3, 0.4) is 0 Å². The summed E-state index contributed by atoms with van der Waals surface area (Å²) < 4.78 is 32.8. The Bertz CT molecular complexity index is 309. The zero-order valence-electron chi connectivity index (χ0n) is 9.69. The van der Waals surface area contributed by atoms with Crippen molar-refractivity contribution in [2.24, 2.45) is 0 Å². The van der Waals surface area contributed by atoms with E-state index >= 15 is 0 Å². The molecule has 0 unspecified atom stereocenters. The van der Waals surface area contributed by atoms with Crippen molar-refractivity contribution in [2.75, 3.05) is 19.8 Å². The van der Waals surface area contributed by atoms with Crippen molar-refractivity contribution in [3.63, 3.8) is 0 Å². The van der Waals surface area contributed by atoms with Crippen molar-refractivity contribution >= 4 is 10.2 Å². The maximum atomic E-state index is 11.5. The minimum atomic E-state index is -3.52. The Kier molecular flexibility index (Phi) is 4.69. The fourth-order valence-electron chi connectivity index (χ4n) is 1.51. The smallest absolute Gasteiger partial charge is 0.277 e. The lowest BCUT2D eigenvalue weighted by Crippen LogP contribution is -2.50. The van der Waals surface area contributed by atoms with E-state index in [-0.39, 0.29) is 12.6 Å². The first-order valence-corrected chi connectivity index (χ1v) is 6.88. The van der Waals surface area contributed by atoms with Gasteiger partial charge < -0.3 is 9.84 Å². The summed E-state index contributed by atoms with van der Waals surface area (Å²) in [4.78, 5) is 0. The van der Waals surface area contributed by atoms with Gasteiger partial charge in [0.25, 0.3) is 10.2 Å². The quantitative estimate of drug-likeness (QED) is 0.607. The molecule has 1 aliphatic heterocycles. The summed E-state index contributed by atoms with van der Waals surface area (Å²) >= 11 is 0. The molecule has 1 fully saturated rings. The molecular formula is C9H20N2O4S. The molecule has 16 heavy (non-hydrogen) atoms. The van der Waals surface area contributed by atoms with Gasteiger partial charge in [-0.2, -0.15) is 17.9 Å². The van der Waals surface area contributed by atoms with Gasteiger partial charge in [0.2, 0.25) is 0 Å². The second kappa shape index (κ2) is 5.42. The van der Waals surface area contributed by atoms with Crippen LogP contribution in [0.25, 0.3) is 0 Å². The Hall–Kier alpha value is -0.210. The van der Waals surface area contributed by atoms with Gasteiger partial charge in [0.15, 0.2) is 0 Å². The molecule has 7 heteroatoms. The highest BCUT2D eigenvalue weighted by Crippen LogP contribution is 2.19. The van der Waals surface area contributed by atoms with Crippen molar-refractivity contribution in [1.82, 2.24) is 9.44 Å². The van der Waals surface area contributed by atoms with Crippen LogP contribution in [0.4, 0.5) is 0 Å². The van der Waals surface area contributed by atoms with E-state index in [9.17, 15) is 13.5 Å². The first-order chi connectivity index (χ1) is 7.33. The molecular weight excluding hydrogens is 232 g/mol.